The molecule has 0 saturated carbocycles. The molecule has 6 nitrogen and oxygen atoms in total. The monoisotopic (exact) mass is 302 g/mol. The molecule has 0 bridgehead atoms. The summed E-state index contributed by atoms with van der Waals surface area (Å²) in [4.78, 5) is 9.89. The van der Waals surface area contributed by atoms with Gasteiger partial charge in [-0.1, -0.05) is 0 Å². The Hall–Kier alpha value is -2.29. The Morgan fingerprint density at radius 3 is 2.45 bits per heavy atom. The van der Waals surface area contributed by atoms with Crippen LogP contribution in [0, 0.1) is 11.6 Å². The number of carbonyl (C=O) groups is 1. The first-order valence-corrected chi connectivity index (χ1v) is 7.08. The average Bonchev–Trinajstić information content (AvgIpc) is 2.80. The van der Waals surface area contributed by atoms with Gasteiger partial charge in [-0.25, -0.2) is 22.0 Å². The third-order valence-corrected chi connectivity index (χ3v) is 3.64. The SMILES string of the molecule is CS(=O)(=O)c1ccc(-c2cc(C(=O)O)[nH]n2)c(F)c1F. The lowest BCUT2D eigenvalue weighted by molar-refractivity contribution is 0.0690. The lowest BCUT2D eigenvalue weighted by atomic mass is 10.1. The molecule has 0 spiro atoms. The van der Waals surface area contributed by atoms with Gasteiger partial charge in [-0.2, -0.15) is 5.10 Å². The van der Waals surface area contributed by atoms with Crippen molar-refractivity contribution >= 4 is 15.8 Å². The Bertz CT molecular complexity index is 799. The Labute approximate surface area is 112 Å². The van der Waals surface area contributed by atoms with Gasteiger partial charge in [0.2, 0.25) is 0 Å². The third-order valence-electron chi connectivity index (χ3n) is 2.53. The zero-order valence-electron chi connectivity index (χ0n) is 10.0. The summed E-state index contributed by atoms with van der Waals surface area (Å²) in [5.41, 5.74) is -0.774. The van der Waals surface area contributed by atoms with Crippen LogP contribution in [0.4, 0.5) is 8.78 Å². The van der Waals surface area contributed by atoms with Gasteiger partial charge in [0, 0.05) is 11.8 Å². The van der Waals surface area contributed by atoms with Crippen LogP contribution in [-0.2, 0) is 9.84 Å². The molecule has 2 aromatic rings. The predicted octanol–water partition coefficient (Wildman–Crippen LogP) is 1.46. The summed E-state index contributed by atoms with van der Waals surface area (Å²) in [5, 5.41) is 14.4. The van der Waals surface area contributed by atoms with E-state index in [0.717, 1.165) is 24.5 Å². The smallest absolute Gasteiger partial charge is 0.353 e. The molecule has 9 heteroatoms. The van der Waals surface area contributed by atoms with Gasteiger partial charge in [0.1, 0.15) is 10.6 Å². The lowest BCUT2D eigenvalue weighted by Gasteiger charge is -2.05. The van der Waals surface area contributed by atoms with Gasteiger partial charge in [0.25, 0.3) is 0 Å². The van der Waals surface area contributed by atoms with Crippen molar-refractivity contribution in [1.82, 2.24) is 10.2 Å². The number of sulfone groups is 1. The summed E-state index contributed by atoms with van der Waals surface area (Å²) in [7, 11) is -3.90. The fourth-order valence-corrected chi connectivity index (χ4v) is 2.32. The van der Waals surface area contributed by atoms with Crippen LogP contribution in [0.25, 0.3) is 11.3 Å². The van der Waals surface area contributed by atoms with E-state index in [-0.39, 0.29) is 17.0 Å². The maximum absolute atomic E-state index is 13.8. The van der Waals surface area contributed by atoms with Gasteiger partial charge in [0.15, 0.2) is 21.5 Å². The number of carboxylic acid groups (broad SMARTS) is 1. The molecule has 1 aromatic carbocycles. The van der Waals surface area contributed by atoms with Gasteiger partial charge in [-0.05, 0) is 18.2 Å². The van der Waals surface area contributed by atoms with Crippen molar-refractivity contribution in [3.8, 4) is 11.3 Å². The van der Waals surface area contributed by atoms with Gasteiger partial charge >= 0.3 is 5.97 Å². The maximum atomic E-state index is 13.8. The van der Waals surface area contributed by atoms with Crippen LogP contribution in [0.1, 0.15) is 10.5 Å². The van der Waals surface area contributed by atoms with Crippen molar-refractivity contribution in [2.24, 2.45) is 0 Å². The summed E-state index contributed by atoms with van der Waals surface area (Å²) in [5.74, 6) is -4.24. The summed E-state index contributed by atoms with van der Waals surface area (Å²) in [6.07, 6.45) is 0.752. The molecule has 0 aliphatic rings. The van der Waals surface area contributed by atoms with Gasteiger partial charge in [0.05, 0.1) is 5.69 Å². The number of hydrogen-bond acceptors (Lipinski definition) is 4. The number of aromatic nitrogens is 2. The Balaban J connectivity index is 2.59. The molecule has 0 saturated heterocycles. The summed E-state index contributed by atoms with van der Waals surface area (Å²) in [6, 6.07) is 2.94. The van der Waals surface area contributed by atoms with E-state index in [4.69, 9.17) is 5.11 Å². The molecule has 2 rings (SSSR count). The molecule has 0 aliphatic heterocycles. The van der Waals surface area contributed by atoms with E-state index in [9.17, 15) is 22.0 Å². The molecule has 0 amide bonds. The van der Waals surface area contributed by atoms with Crippen molar-refractivity contribution in [3.05, 3.63) is 35.5 Å². The largest absolute Gasteiger partial charge is 0.477 e. The number of benzene rings is 1. The van der Waals surface area contributed by atoms with Crippen LogP contribution in [0.2, 0.25) is 0 Å². The molecule has 2 N–H and O–H groups in total. The van der Waals surface area contributed by atoms with E-state index < -0.39 is 32.3 Å². The van der Waals surface area contributed by atoms with Gasteiger partial charge in [-0.3, -0.25) is 5.10 Å². The van der Waals surface area contributed by atoms with E-state index >= 15 is 0 Å². The zero-order valence-corrected chi connectivity index (χ0v) is 10.8. The molecular weight excluding hydrogens is 294 g/mol. The van der Waals surface area contributed by atoms with E-state index in [1.54, 1.807) is 0 Å². The minimum Gasteiger partial charge on any atom is -0.477 e. The number of halogens is 2. The van der Waals surface area contributed by atoms with Crippen LogP contribution in [0.3, 0.4) is 0 Å². The lowest BCUT2D eigenvalue weighted by Crippen LogP contribution is -2.04. The first-order valence-electron chi connectivity index (χ1n) is 5.19. The van der Waals surface area contributed by atoms with E-state index in [1.165, 1.54) is 0 Å². The normalized spacial score (nSPS) is 11.6. The average molecular weight is 302 g/mol. The highest BCUT2D eigenvalue weighted by Gasteiger charge is 2.22. The second kappa shape index (κ2) is 4.67. The molecule has 0 radical (unpaired) electrons. The van der Waals surface area contributed by atoms with E-state index in [2.05, 4.69) is 10.2 Å². The molecular formula is C11H8F2N2O4S. The number of aromatic amines is 1. The van der Waals surface area contributed by atoms with E-state index in [1.807, 2.05) is 0 Å². The van der Waals surface area contributed by atoms with Crippen molar-refractivity contribution in [2.75, 3.05) is 6.26 Å². The van der Waals surface area contributed by atoms with Crippen molar-refractivity contribution in [3.63, 3.8) is 0 Å². The third kappa shape index (κ3) is 2.39. The summed E-state index contributed by atoms with van der Waals surface area (Å²) < 4.78 is 50.0. The topological polar surface area (TPSA) is 100 Å². The molecule has 0 aliphatic carbocycles. The molecule has 20 heavy (non-hydrogen) atoms. The maximum Gasteiger partial charge on any atom is 0.353 e. The molecule has 1 heterocycles. The number of H-pyrrole nitrogens is 1. The van der Waals surface area contributed by atoms with Crippen molar-refractivity contribution in [2.45, 2.75) is 4.90 Å². The predicted molar refractivity (Wildman–Crippen MR) is 64.0 cm³/mol. The standard InChI is InChI=1S/C11H8F2N2O4S/c1-20(18,19)8-3-2-5(9(12)10(8)13)6-4-7(11(16)17)15-14-6/h2-4H,1H3,(H,14,15)(H,16,17). The highest BCUT2D eigenvalue weighted by Crippen LogP contribution is 2.27. The van der Waals surface area contributed by atoms with Crippen LogP contribution < -0.4 is 0 Å². The number of aromatic carboxylic acids is 1. The second-order valence-electron chi connectivity index (χ2n) is 3.98. The van der Waals surface area contributed by atoms with E-state index in [0.29, 0.717) is 0 Å². The minimum atomic E-state index is -3.90. The Morgan fingerprint density at radius 1 is 1.30 bits per heavy atom. The Morgan fingerprint density at radius 2 is 1.95 bits per heavy atom. The quantitative estimate of drug-likeness (QED) is 0.894. The van der Waals surface area contributed by atoms with Crippen molar-refractivity contribution in [1.29, 1.82) is 0 Å². The fraction of sp³-hybridized carbons (Fsp3) is 0.0909. The van der Waals surface area contributed by atoms with Gasteiger partial charge < -0.3 is 5.11 Å². The Kier molecular flexibility index (Phi) is 3.30. The van der Waals surface area contributed by atoms with Crippen LogP contribution in [0.5, 0.6) is 0 Å². The molecule has 1 aromatic heterocycles. The number of rotatable bonds is 3. The molecule has 0 fully saturated rings. The number of nitrogens with zero attached hydrogens (tertiary/aromatic N) is 1. The van der Waals surface area contributed by atoms with Crippen LogP contribution >= 0.6 is 0 Å². The highest BCUT2D eigenvalue weighted by atomic mass is 32.2. The molecule has 0 unspecified atom stereocenters. The minimum absolute atomic E-state index is 0.140. The fourth-order valence-electron chi connectivity index (χ4n) is 1.59. The summed E-state index contributed by atoms with van der Waals surface area (Å²) >= 11 is 0. The van der Waals surface area contributed by atoms with Crippen molar-refractivity contribution < 1.29 is 27.1 Å². The first kappa shape index (κ1) is 14.1. The molecule has 0 atom stereocenters. The van der Waals surface area contributed by atoms with Crippen LogP contribution in [0.15, 0.2) is 23.1 Å². The number of hydrogen-bond donors (Lipinski definition) is 2. The molecule has 106 valence electrons. The first-order chi connectivity index (χ1) is 9.21. The zero-order chi connectivity index (χ0) is 15.1. The highest BCUT2D eigenvalue weighted by molar-refractivity contribution is 7.90. The second-order valence-corrected chi connectivity index (χ2v) is 5.97. The van der Waals surface area contributed by atoms with Gasteiger partial charge in [-0.15, -0.1) is 0 Å². The summed E-state index contributed by atoms with van der Waals surface area (Å²) in [6.45, 7) is 0. The number of nitrogens with one attached hydrogen (secondary N) is 1. The van der Waals surface area contributed by atoms with Crippen LogP contribution in [-0.4, -0.2) is 35.9 Å². The number of carboxylic acids is 1.